The lowest BCUT2D eigenvalue weighted by Gasteiger charge is -2.25. The first-order valence-electron chi connectivity index (χ1n) is 5.78. The van der Waals surface area contributed by atoms with Crippen LogP contribution >= 0.6 is 15.9 Å². The number of nitrogens with one attached hydrogen (secondary N) is 1. The summed E-state index contributed by atoms with van der Waals surface area (Å²) in [6.45, 7) is 2.05. The molecule has 4 heteroatoms. The topological polar surface area (TPSA) is 29.1 Å². The van der Waals surface area contributed by atoms with Gasteiger partial charge in [-0.1, -0.05) is 12.8 Å². The zero-order chi connectivity index (χ0) is 12.5. The second-order valence-corrected chi connectivity index (χ2v) is 5.71. The van der Waals surface area contributed by atoms with Crippen LogP contribution in [0.25, 0.3) is 0 Å². The average molecular weight is 300 g/mol. The minimum Gasteiger partial charge on any atom is -0.347 e. The molecule has 0 atom stereocenters. The van der Waals surface area contributed by atoms with Crippen molar-refractivity contribution in [3.05, 3.63) is 34.1 Å². The fourth-order valence-electron chi connectivity index (χ4n) is 2.26. The molecular formula is C13H15BrFNO. The molecular weight excluding hydrogens is 285 g/mol. The van der Waals surface area contributed by atoms with Crippen molar-refractivity contribution in [1.82, 2.24) is 5.32 Å². The van der Waals surface area contributed by atoms with Gasteiger partial charge in [-0.25, -0.2) is 4.39 Å². The molecule has 2 rings (SSSR count). The highest BCUT2D eigenvalue weighted by Gasteiger charge is 2.30. The van der Waals surface area contributed by atoms with Gasteiger partial charge in [-0.2, -0.15) is 0 Å². The van der Waals surface area contributed by atoms with E-state index in [1.165, 1.54) is 6.07 Å². The van der Waals surface area contributed by atoms with Crippen molar-refractivity contribution in [3.8, 4) is 0 Å². The van der Waals surface area contributed by atoms with E-state index < -0.39 is 5.82 Å². The third kappa shape index (κ3) is 2.86. The van der Waals surface area contributed by atoms with Crippen molar-refractivity contribution in [3.63, 3.8) is 0 Å². The lowest BCUT2D eigenvalue weighted by Crippen LogP contribution is -2.43. The monoisotopic (exact) mass is 299 g/mol. The van der Waals surface area contributed by atoms with Gasteiger partial charge in [0.2, 0.25) is 0 Å². The van der Waals surface area contributed by atoms with Crippen molar-refractivity contribution >= 4 is 21.8 Å². The standard InChI is InChI=1S/C13H15BrFNO/c1-13(6-2-3-7-13)16-12(17)9-4-5-10(14)11(15)8-9/h4-5,8H,2-3,6-7H2,1H3,(H,16,17). The van der Waals surface area contributed by atoms with E-state index in [9.17, 15) is 9.18 Å². The van der Waals surface area contributed by atoms with E-state index in [1.807, 2.05) is 6.92 Å². The summed E-state index contributed by atoms with van der Waals surface area (Å²) in [5.74, 6) is -0.602. The number of benzene rings is 1. The van der Waals surface area contributed by atoms with Gasteiger partial charge in [0.25, 0.3) is 5.91 Å². The fourth-order valence-corrected chi connectivity index (χ4v) is 2.51. The lowest BCUT2D eigenvalue weighted by atomic mass is 10.00. The molecule has 1 amide bonds. The molecule has 0 radical (unpaired) electrons. The number of rotatable bonds is 2. The van der Waals surface area contributed by atoms with Gasteiger partial charge in [0.05, 0.1) is 4.47 Å². The van der Waals surface area contributed by atoms with Crippen LogP contribution in [0.4, 0.5) is 4.39 Å². The summed E-state index contributed by atoms with van der Waals surface area (Å²) >= 11 is 3.07. The van der Waals surface area contributed by atoms with Gasteiger partial charge >= 0.3 is 0 Å². The predicted octanol–water partition coefficient (Wildman–Crippen LogP) is 3.65. The molecule has 92 valence electrons. The number of hydrogen-bond donors (Lipinski definition) is 1. The van der Waals surface area contributed by atoms with E-state index in [1.54, 1.807) is 12.1 Å². The molecule has 1 aromatic rings. The van der Waals surface area contributed by atoms with E-state index in [0.29, 0.717) is 10.0 Å². The second-order valence-electron chi connectivity index (χ2n) is 4.85. The van der Waals surface area contributed by atoms with Crippen LogP contribution in [-0.4, -0.2) is 11.4 Å². The maximum absolute atomic E-state index is 13.3. The molecule has 0 saturated heterocycles. The smallest absolute Gasteiger partial charge is 0.251 e. The first-order chi connectivity index (χ1) is 8.00. The van der Waals surface area contributed by atoms with Gasteiger partial charge in [-0.3, -0.25) is 4.79 Å². The van der Waals surface area contributed by atoms with Crippen molar-refractivity contribution in [2.24, 2.45) is 0 Å². The van der Waals surface area contributed by atoms with Gasteiger partial charge in [0.15, 0.2) is 0 Å². The minimum atomic E-state index is -0.408. The van der Waals surface area contributed by atoms with E-state index in [2.05, 4.69) is 21.2 Å². The molecule has 1 aliphatic rings. The third-order valence-electron chi connectivity index (χ3n) is 3.30. The third-order valence-corrected chi connectivity index (χ3v) is 3.95. The number of carbonyl (C=O) groups excluding carboxylic acids is 1. The van der Waals surface area contributed by atoms with Gasteiger partial charge < -0.3 is 5.32 Å². The van der Waals surface area contributed by atoms with Crippen molar-refractivity contribution in [2.45, 2.75) is 38.1 Å². The van der Waals surface area contributed by atoms with Gasteiger partial charge in [-0.15, -0.1) is 0 Å². The van der Waals surface area contributed by atoms with Crippen LogP contribution < -0.4 is 5.32 Å². The molecule has 0 aromatic heterocycles. The Morgan fingerprint density at radius 1 is 1.41 bits per heavy atom. The van der Waals surface area contributed by atoms with Crippen LogP contribution in [0, 0.1) is 5.82 Å². The average Bonchev–Trinajstić information content (AvgIpc) is 2.69. The van der Waals surface area contributed by atoms with Crippen molar-refractivity contribution in [1.29, 1.82) is 0 Å². The van der Waals surface area contributed by atoms with E-state index >= 15 is 0 Å². The van der Waals surface area contributed by atoms with Gasteiger partial charge in [-0.05, 0) is 53.9 Å². The quantitative estimate of drug-likeness (QED) is 0.887. The summed E-state index contributed by atoms with van der Waals surface area (Å²) in [7, 11) is 0. The normalized spacial score (nSPS) is 18.1. The summed E-state index contributed by atoms with van der Waals surface area (Å²) in [5.41, 5.74) is 0.250. The van der Waals surface area contributed by atoms with Crippen molar-refractivity contribution < 1.29 is 9.18 Å². The molecule has 1 fully saturated rings. The molecule has 1 saturated carbocycles. The van der Waals surface area contributed by atoms with Crippen LogP contribution in [0.5, 0.6) is 0 Å². The number of hydrogen-bond acceptors (Lipinski definition) is 1. The van der Waals surface area contributed by atoms with Gasteiger partial charge in [0, 0.05) is 11.1 Å². The molecule has 0 unspecified atom stereocenters. The molecule has 1 aliphatic carbocycles. The maximum atomic E-state index is 13.3. The molecule has 0 aliphatic heterocycles. The van der Waals surface area contributed by atoms with Crippen LogP contribution in [-0.2, 0) is 0 Å². The molecule has 17 heavy (non-hydrogen) atoms. The fraction of sp³-hybridized carbons (Fsp3) is 0.462. The molecule has 0 bridgehead atoms. The van der Waals surface area contributed by atoms with Crippen LogP contribution in [0.3, 0.4) is 0 Å². The Hall–Kier alpha value is -0.900. The van der Waals surface area contributed by atoms with E-state index in [-0.39, 0.29) is 11.4 Å². The predicted molar refractivity (Wildman–Crippen MR) is 68.4 cm³/mol. The van der Waals surface area contributed by atoms with Crippen LogP contribution in [0.2, 0.25) is 0 Å². The molecule has 2 nitrogen and oxygen atoms in total. The number of halogens is 2. The summed E-state index contributed by atoms with van der Waals surface area (Å²) in [4.78, 5) is 12.0. The molecule has 1 N–H and O–H groups in total. The molecule has 1 aromatic carbocycles. The van der Waals surface area contributed by atoms with Crippen LogP contribution in [0.15, 0.2) is 22.7 Å². The highest BCUT2D eigenvalue weighted by molar-refractivity contribution is 9.10. The van der Waals surface area contributed by atoms with Crippen LogP contribution in [0.1, 0.15) is 43.0 Å². The maximum Gasteiger partial charge on any atom is 0.251 e. The summed E-state index contributed by atoms with van der Waals surface area (Å²) < 4.78 is 13.7. The summed E-state index contributed by atoms with van der Waals surface area (Å²) in [6, 6.07) is 4.44. The second kappa shape index (κ2) is 4.77. The highest BCUT2D eigenvalue weighted by Crippen LogP contribution is 2.29. The zero-order valence-corrected chi connectivity index (χ0v) is 11.3. The number of amides is 1. The number of carbonyl (C=O) groups is 1. The largest absolute Gasteiger partial charge is 0.347 e. The first kappa shape index (κ1) is 12.6. The highest BCUT2D eigenvalue weighted by atomic mass is 79.9. The Labute approximate surface area is 109 Å². The Kier molecular flexibility index (Phi) is 3.52. The van der Waals surface area contributed by atoms with Gasteiger partial charge in [0.1, 0.15) is 5.82 Å². The molecule has 0 spiro atoms. The Balaban J connectivity index is 2.11. The SMILES string of the molecule is CC1(NC(=O)c2ccc(Br)c(F)c2)CCCC1. The van der Waals surface area contributed by atoms with Crippen molar-refractivity contribution in [2.75, 3.05) is 0 Å². The minimum absolute atomic E-state index is 0.124. The first-order valence-corrected chi connectivity index (χ1v) is 6.57. The Morgan fingerprint density at radius 2 is 2.06 bits per heavy atom. The molecule has 0 heterocycles. The zero-order valence-electron chi connectivity index (χ0n) is 9.72. The summed E-state index contributed by atoms with van der Waals surface area (Å²) in [6.07, 6.45) is 4.28. The Morgan fingerprint density at radius 3 is 2.65 bits per heavy atom. The summed E-state index contributed by atoms with van der Waals surface area (Å²) in [5, 5.41) is 3.00. The van der Waals surface area contributed by atoms with E-state index in [4.69, 9.17) is 0 Å². The Bertz CT molecular complexity index is 441. The lowest BCUT2D eigenvalue weighted by molar-refractivity contribution is 0.0907. The van der Waals surface area contributed by atoms with E-state index in [0.717, 1.165) is 25.7 Å².